The molecule has 0 amide bonds. The summed E-state index contributed by atoms with van der Waals surface area (Å²) in [4.78, 5) is 49.3. The van der Waals surface area contributed by atoms with Gasteiger partial charge in [0.25, 0.3) is 0 Å². The van der Waals surface area contributed by atoms with E-state index in [-0.39, 0.29) is 17.7 Å². The lowest BCUT2D eigenvalue weighted by Gasteiger charge is -1.99. The lowest BCUT2D eigenvalue weighted by molar-refractivity contribution is -0.154. The van der Waals surface area contributed by atoms with Crippen molar-refractivity contribution in [3.05, 3.63) is 65.2 Å². The number of Topliss-reactive ketones (excluding diaryl/α,β-unsaturated/α-hetero) is 1. The second-order valence-corrected chi connectivity index (χ2v) is 5.27. The van der Waals surface area contributed by atoms with Crippen molar-refractivity contribution in [2.24, 2.45) is 0 Å². The molecule has 1 aromatic heterocycles. The molecular weight excluding hydrogens is 341 g/mol. The predicted octanol–water partition coefficient (Wildman–Crippen LogP) is 2.49. The first kappa shape index (κ1) is 19.0. The van der Waals surface area contributed by atoms with Gasteiger partial charge in [0.05, 0.1) is 18.6 Å². The van der Waals surface area contributed by atoms with Crippen molar-refractivity contribution in [2.75, 3.05) is 6.61 Å². The first-order valence-electron chi connectivity index (χ1n) is 7.81. The summed E-state index contributed by atoms with van der Waals surface area (Å²) in [6.45, 7) is 1.61. The highest BCUT2D eigenvalue weighted by molar-refractivity contribution is 6.37. The Balaban J connectivity index is 2.01. The van der Waals surface area contributed by atoms with Crippen LogP contribution in [0.25, 0.3) is 6.08 Å². The van der Waals surface area contributed by atoms with Crippen LogP contribution in [-0.4, -0.2) is 34.9 Å². The van der Waals surface area contributed by atoms with Gasteiger partial charge in [-0.05, 0) is 37.3 Å². The number of allylic oxidation sites excluding steroid dienone is 1. The molecule has 0 aliphatic carbocycles. The van der Waals surface area contributed by atoms with Crippen LogP contribution in [0, 0.1) is 5.82 Å². The van der Waals surface area contributed by atoms with E-state index in [1.807, 2.05) is 0 Å². The maximum atomic E-state index is 13.7. The van der Waals surface area contributed by atoms with Gasteiger partial charge in [0, 0.05) is 17.5 Å². The Morgan fingerprint density at radius 1 is 1.19 bits per heavy atom. The molecule has 26 heavy (non-hydrogen) atoms. The number of hydrogen-bond acceptors (Lipinski definition) is 5. The number of ether oxygens (including phenoxy) is 1. The Hall–Kier alpha value is -3.35. The summed E-state index contributed by atoms with van der Waals surface area (Å²) in [6.07, 6.45) is 3.26. The Morgan fingerprint density at radius 3 is 2.62 bits per heavy atom. The zero-order valence-corrected chi connectivity index (χ0v) is 14.0. The Kier molecular flexibility index (Phi) is 6.32. The number of H-pyrrole nitrogens is 1. The van der Waals surface area contributed by atoms with E-state index in [4.69, 9.17) is 0 Å². The molecule has 134 valence electrons. The summed E-state index contributed by atoms with van der Waals surface area (Å²) in [5.74, 6) is -3.68. The molecule has 0 fully saturated rings. The lowest BCUT2D eigenvalue weighted by atomic mass is 10.1. The number of ketones is 3. The number of halogens is 1. The van der Waals surface area contributed by atoms with Gasteiger partial charge in [-0.1, -0.05) is 12.1 Å². The van der Waals surface area contributed by atoms with Crippen molar-refractivity contribution < 1.29 is 28.3 Å². The first-order valence-corrected chi connectivity index (χ1v) is 7.81. The van der Waals surface area contributed by atoms with Gasteiger partial charge in [0.1, 0.15) is 5.82 Å². The van der Waals surface area contributed by atoms with E-state index in [9.17, 15) is 23.6 Å². The molecule has 1 aromatic carbocycles. The molecule has 0 aliphatic heterocycles. The lowest BCUT2D eigenvalue weighted by Crippen LogP contribution is -2.19. The van der Waals surface area contributed by atoms with Crippen LogP contribution in [0.3, 0.4) is 0 Å². The van der Waals surface area contributed by atoms with Crippen LogP contribution in [0.5, 0.6) is 0 Å². The highest BCUT2D eigenvalue weighted by atomic mass is 19.1. The molecule has 7 heteroatoms. The van der Waals surface area contributed by atoms with Crippen molar-refractivity contribution in [3.63, 3.8) is 0 Å². The summed E-state index contributed by atoms with van der Waals surface area (Å²) < 4.78 is 18.2. The van der Waals surface area contributed by atoms with Crippen molar-refractivity contribution in [3.8, 4) is 0 Å². The van der Waals surface area contributed by atoms with Gasteiger partial charge in [-0.15, -0.1) is 0 Å². The molecule has 0 unspecified atom stereocenters. The number of rotatable bonds is 8. The maximum Gasteiger partial charge on any atom is 0.375 e. The van der Waals surface area contributed by atoms with Crippen molar-refractivity contribution in [2.45, 2.75) is 13.3 Å². The molecule has 0 saturated heterocycles. The predicted molar refractivity (Wildman–Crippen MR) is 90.9 cm³/mol. The standard InChI is InChI=1S/C19H16FNO5/c1-2-26-19(25)17(23)10-14(22)8-7-13-9-12(11-21-13)18(24)15-5-3-4-6-16(15)20/h3-9,11,21H,2,10H2,1H3/b8-7+. The number of hydrogen-bond donors (Lipinski definition) is 1. The van der Waals surface area contributed by atoms with Gasteiger partial charge in [-0.25, -0.2) is 9.18 Å². The normalized spacial score (nSPS) is 10.7. The Morgan fingerprint density at radius 2 is 1.92 bits per heavy atom. The number of aromatic nitrogens is 1. The van der Waals surface area contributed by atoms with Gasteiger partial charge in [0.15, 0.2) is 11.6 Å². The molecule has 1 N–H and O–H groups in total. The molecule has 0 aliphatic rings. The van der Waals surface area contributed by atoms with Gasteiger partial charge in [0.2, 0.25) is 5.78 Å². The van der Waals surface area contributed by atoms with Gasteiger partial charge in [-0.2, -0.15) is 0 Å². The zero-order chi connectivity index (χ0) is 19.1. The second kappa shape index (κ2) is 8.66. The van der Waals surface area contributed by atoms with Gasteiger partial charge < -0.3 is 9.72 Å². The number of esters is 1. The molecule has 2 rings (SSSR count). The summed E-state index contributed by atoms with van der Waals surface area (Å²) >= 11 is 0. The van der Waals surface area contributed by atoms with E-state index in [0.29, 0.717) is 5.69 Å². The van der Waals surface area contributed by atoms with Crippen LogP contribution < -0.4 is 0 Å². The van der Waals surface area contributed by atoms with Crippen LogP contribution in [-0.2, 0) is 19.1 Å². The van der Waals surface area contributed by atoms with E-state index >= 15 is 0 Å². The first-order chi connectivity index (χ1) is 12.4. The van der Waals surface area contributed by atoms with Crippen LogP contribution in [0.2, 0.25) is 0 Å². The highest BCUT2D eigenvalue weighted by Crippen LogP contribution is 2.15. The average Bonchev–Trinajstić information content (AvgIpc) is 3.09. The quantitative estimate of drug-likeness (QED) is 0.258. The van der Waals surface area contributed by atoms with E-state index in [1.165, 1.54) is 36.5 Å². The van der Waals surface area contributed by atoms with E-state index < -0.39 is 35.6 Å². The van der Waals surface area contributed by atoms with Crippen LogP contribution >= 0.6 is 0 Å². The van der Waals surface area contributed by atoms with Crippen LogP contribution in [0.4, 0.5) is 4.39 Å². The fraction of sp³-hybridized carbons (Fsp3) is 0.158. The smallest absolute Gasteiger partial charge is 0.375 e. The van der Waals surface area contributed by atoms with Gasteiger partial charge in [-0.3, -0.25) is 14.4 Å². The zero-order valence-electron chi connectivity index (χ0n) is 14.0. The summed E-state index contributed by atoms with van der Waals surface area (Å²) in [7, 11) is 0. The maximum absolute atomic E-state index is 13.7. The Bertz CT molecular complexity index is 882. The average molecular weight is 357 g/mol. The SMILES string of the molecule is CCOC(=O)C(=O)CC(=O)/C=C/c1cc(C(=O)c2ccccc2F)c[nH]1. The number of aromatic amines is 1. The van der Waals surface area contributed by atoms with Crippen molar-refractivity contribution >= 4 is 29.4 Å². The molecule has 0 radical (unpaired) electrons. The third-order valence-electron chi connectivity index (χ3n) is 3.37. The number of carbonyl (C=O) groups excluding carboxylic acids is 4. The summed E-state index contributed by atoms with van der Waals surface area (Å²) in [5.41, 5.74) is 0.588. The van der Waals surface area contributed by atoms with E-state index in [0.717, 1.165) is 6.08 Å². The minimum Gasteiger partial charge on any atom is -0.460 e. The van der Waals surface area contributed by atoms with Crippen molar-refractivity contribution in [1.82, 2.24) is 4.98 Å². The summed E-state index contributed by atoms with van der Waals surface area (Å²) in [5, 5.41) is 0. The van der Waals surface area contributed by atoms with E-state index in [1.54, 1.807) is 13.0 Å². The summed E-state index contributed by atoms with van der Waals surface area (Å²) in [6, 6.07) is 7.07. The molecule has 0 spiro atoms. The molecule has 0 atom stereocenters. The van der Waals surface area contributed by atoms with Crippen LogP contribution in [0.15, 0.2) is 42.6 Å². The molecule has 6 nitrogen and oxygen atoms in total. The highest BCUT2D eigenvalue weighted by Gasteiger charge is 2.18. The topological polar surface area (TPSA) is 93.3 Å². The fourth-order valence-electron chi connectivity index (χ4n) is 2.12. The molecule has 2 aromatic rings. The Labute approximate surface area is 148 Å². The molecule has 0 saturated carbocycles. The number of benzene rings is 1. The third-order valence-corrected chi connectivity index (χ3v) is 3.37. The van der Waals surface area contributed by atoms with Crippen LogP contribution in [0.1, 0.15) is 35.0 Å². The molecular formula is C19H16FNO5. The minimum absolute atomic E-state index is 0.0515. The largest absolute Gasteiger partial charge is 0.460 e. The van der Waals surface area contributed by atoms with Crippen molar-refractivity contribution in [1.29, 1.82) is 0 Å². The molecule has 0 bridgehead atoms. The minimum atomic E-state index is -1.05. The van der Waals surface area contributed by atoms with E-state index in [2.05, 4.69) is 9.72 Å². The second-order valence-electron chi connectivity index (χ2n) is 5.27. The van der Waals surface area contributed by atoms with Gasteiger partial charge >= 0.3 is 5.97 Å². The molecule has 1 heterocycles. The number of carbonyl (C=O) groups is 4. The monoisotopic (exact) mass is 357 g/mol. The number of nitrogens with one attached hydrogen (secondary N) is 1. The third kappa shape index (κ3) is 4.83. The fourth-order valence-corrected chi connectivity index (χ4v) is 2.12.